The topological polar surface area (TPSA) is 58.4 Å². The van der Waals surface area contributed by atoms with E-state index in [1.807, 2.05) is 58.1 Å². The summed E-state index contributed by atoms with van der Waals surface area (Å²) in [6.45, 7) is 7.95. The first-order valence-electron chi connectivity index (χ1n) is 11.1. The molecule has 0 N–H and O–H groups in total. The summed E-state index contributed by atoms with van der Waals surface area (Å²) >= 11 is 1.47. The van der Waals surface area contributed by atoms with Crippen molar-refractivity contribution in [2.45, 2.75) is 40.2 Å². The van der Waals surface area contributed by atoms with E-state index < -0.39 is 0 Å². The van der Waals surface area contributed by atoms with Crippen molar-refractivity contribution in [3.05, 3.63) is 69.2 Å². The molecule has 0 unspecified atom stereocenters. The molecule has 0 bridgehead atoms. The smallest absolute Gasteiger partial charge is 0.263 e. The van der Waals surface area contributed by atoms with Crippen molar-refractivity contribution in [1.82, 2.24) is 19.6 Å². The summed E-state index contributed by atoms with van der Waals surface area (Å²) in [5.41, 5.74) is 5.33. The first-order valence-corrected chi connectivity index (χ1v) is 11.9. The maximum Gasteiger partial charge on any atom is 0.263 e. The summed E-state index contributed by atoms with van der Waals surface area (Å²) < 4.78 is 1.98. The number of hydrogen-bond acceptors (Lipinski definition) is 4. The van der Waals surface area contributed by atoms with Crippen LogP contribution in [0.2, 0.25) is 0 Å². The van der Waals surface area contributed by atoms with E-state index in [1.54, 1.807) is 0 Å². The monoisotopic (exact) mass is 450 g/mol. The van der Waals surface area contributed by atoms with Crippen LogP contribution in [0.5, 0.6) is 0 Å². The number of aryl methyl sites for hydroxylation is 2. The molecular formula is C25H30N4O2S. The fraction of sp³-hybridized carbons (Fsp3) is 0.400. The van der Waals surface area contributed by atoms with Gasteiger partial charge in [0.15, 0.2) is 0 Å². The summed E-state index contributed by atoms with van der Waals surface area (Å²) in [5.74, 6) is 0.184. The second-order valence-electron chi connectivity index (χ2n) is 8.59. The zero-order chi connectivity index (χ0) is 22.8. The molecule has 3 heterocycles. The van der Waals surface area contributed by atoms with E-state index >= 15 is 0 Å². The Morgan fingerprint density at radius 2 is 1.81 bits per heavy atom. The molecule has 0 spiro atoms. The van der Waals surface area contributed by atoms with Gasteiger partial charge in [-0.25, -0.2) is 4.68 Å². The van der Waals surface area contributed by atoms with E-state index in [2.05, 4.69) is 26.0 Å². The molecule has 1 aromatic carbocycles. The van der Waals surface area contributed by atoms with E-state index in [0.29, 0.717) is 32.5 Å². The third kappa shape index (κ3) is 4.35. The van der Waals surface area contributed by atoms with Crippen molar-refractivity contribution in [2.75, 3.05) is 20.1 Å². The number of carbonyl (C=O) groups is 2. The van der Waals surface area contributed by atoms with E-state index in [9.17, 15) is 9.59 Å². The average molecular weight is 451 g/mol. The van der Waals surface area contributed by atoms with Crippen LogP contribution in [0.1, 0.15) is 45.0 Å². The molecule has 2 aromatic heterocycles. The van der Waals surface area contributed by atoms with E-state index in [-0.39, 0.29) is 17.7 Å². The molecule has 4 rings (SSSR count). The first kappa shape index (κ1) is 22.3. The highest BCUT2D eigenvalue weighted by Crippen LogP contribution is 2.25. The predicted octanol–water partition coefficient (Wildman–Crippen LogP) is 4.37. The fourth-order valence-corrected chi connectivity index (χ4v) is 5.14. The van der Waals surface area contributed by atoms with Crippen LogP contribution in [0.4, 0.5) is 0 Å². The van der Waals surface area contributed by atoms with Crippen molar-refractivity contribution >= 4 is 23.2 Å². The van der Waals surface area contributed by atoms with Crippen LogP contribution in [0.15, 0.2) is 41.8 Å². The molecule has 0 atom stereocenters. The molecule has 0 saturated carbocycles. The summed E-state index contributed by atoms with van der Waals surface area (Å²) in [6, 6.07) is 11.9. The van der Waals surface area contributed by atoms with Crippen LogP contribution < -0.4 is 0 Å². The number of piperidine rings is 1. The Labute approximate surface area is 193 Å². The zero-order valence-electron chi connectivity index (χ0n) is 19.2. The lowest BCUT2D eigenvalue weighted by atomic mass is 9.95. The first-order chi connectivity index (χ1) is 15.4. The van der Waals surface area contributed by atoms with Gasteiger partial charge in [-0.3, -0.25) is 9.59 Å². The molecule has 2 amide bonds. The molecule has 32 heavy (non-hydrogen) atoms. The number of amides is 2. The Kier molecular flexibility index (Phi) is 6.46. The van der Waals surface area contributed by atoms with E-state index in [0.717, 1.165) is 33.1 Å². The minimum Gasteiger partial charge on any atom is -0.341 e. The van der Waals surface area contributed by atoms with Crippen LogP contribution in [-0.4, -0.2) is 51.5 Å². The van der Waals surface area contributed by atoms with Crippen molar-refractivity contribution in [1.29, 1.82) is 0 Å². The maximum absolute atomic E-state index is 13.2. The summed E-state index contributed by atoms with van der Waals surface area (Å²) in [5, 5.41) is 6.68. The quantitative estimate of drug-likeness (QED) is 0.580. The molecule has 1 aliphatic heterocycles. The number of rotatable bonds is 5. The normalized spacial score (nSPS) is 14.6. The van der Waals surface area contributed by atoms with E-state index in [1.165, 1.54) is 11.3 Å². The minimum absolute atomic E-state index is 0.0422. The third-order valence-corrected chi connectivity index (χ3v) is 7.28. The van der Waals surface area contributed by atoms with Crippen LogP contribution in [0.25, 0.3) is 5.69 Å². The molecular weight excluding hydrogens is 420 g/mol. The summed E-state index contributed by atoms with van der Waals surface area (Å²) in [6.07, 6.45) is 1.42. The van der Waals surface area contributed by atoms with E-state index in [4.69, 9.17) is 5.10 Å². The van der Waals surface area contributed by atoms with Crippen LogP contribution in [0.3, 0.4) is 0 Å². The Morgan fingerprint density at radius 3 is 2.47 bits per heavy atom. The number of likely N-dealkylation sites (tertiary alicyclic amines) is 1. The molecule has 6 nitrogen and oxygen atoms in total. The van der Waals surface area contributed by atoms with Crippen molar-refractivity contribution in [2.24, 2.45) is 5.92 Å². The molecule has 7 heteroatoms. The second-order valence-corrected chi connectivity index (χ2v) is 9.53. The highest BCUT2D eigenvalue weighted by molar-refractivity contribution is 7.12. The van der Waals surface area contributed by atoms with Gasteiger partial charge in [0.2, 0.25) is 5.91 Å². The fourth-order valence-electron chi connectivity index (χ4n) is 4.45. The Hall–Kier alpha value is -2.93. The highest BCUT2D eigenvalue weighted by Gasteiger charge is 2.30. The number of thiophene rings is 1. The van der Waals surface area contributed by atoms with Crippen molar-refractivity contribution < 1.29 is 9.59 Å². The molecule has 1 fully saturated rings. The zero-order valence-corrected chi connectivity index (χ0v) is 20.0. The lowest BCUT2D eigenvalue weighted by molar-refractivity contribution is -0.136. The number of aromatic nitrogens is 2. The van der Waals surface area contributed by atoms with Crippen molar-refractivity contribution in [3.8, 4) is 5.69 Å². The van der Waals surface area contributed by atoms with Gasteiger partial charge >= 0.3 is 0 Å². The van der Waals surface area contributed by atoms with Gasteiger partial charge in [-0.1, -0.05) is 24.3 Å². The van der Waals surface area contributed by atoms with Gasteiger partial charge in [0.25, 0.3) is 5.91 Å². The van der Waals surface area contributed by atoms with Crippen LogP contribution in [0, 0.1) is 26.7 Å². The number of hydrogen-bond donors (Lipinski definition) is 0. The average Bonchev–Trinajstić information content (AvgIpc) is 3.43. The number of benzene rings is 1. The lowest BCUT2D eigenvalue weighted by Gasteiger charge is -2.33. The lowest BCUT2D eigenvalue weighted by Crippen LogP contribution is -2.43. The predicted molar refractivity (Wildman–Crippen MR) is 127 cm³/mol. The molecule has 1 aliphatic rings. The Balaban J connectivity index is 1.40. The van der Waals surface area contributed by atoms with Gasteiger partial charge in [0, 0.05) is 43.9 Å². The summed E-state index contributed by atoms with van der Waals surface area (Å²) in [4.78, 5) is 30.2. The van der Waals surface area contributed by atoms with Gasteiger partial charge in [0.1, 0.15) is 0 Å². The van der Waals surface area contributed by atoms with Gasteiger partial charge in [-0.15, -0.1) is 11.3 Å². The van der Waals surface area contributed by atoms with Gasteiger partial charge in [-0.2, -0.15) is 5.10 Å². The van der Waals surface area contributed by atoms with Crippen molar-refractivity contribution in [3.63, 3.8) is 0 Å². The molecule has 0 radical (unpaired) electrons. The highest BCUT2D eigenvalue weighted by atomic mass is 32.1. The molecule has 1 saturated heterocycles. The van der Waals surface area contributed by atoms with Crippen LogP contribution in [-0.2, 0) is 11.3 Å². The third-order valence-electron chi connectivity index (χ3n) is 6.42. The second kappa shape index (κ2) is 9.28. The largest absolute Gasteiger partial charge is 0.341 e. The number of para-hydroxylation sites is 1. The molecule has 168 valence electrons. The van der Waals surface area contributed by atoms with Crippen LogP contribution >= 0.6 is 11.3 Å². The number of carbonyl (C=O) groups excluding carboxylic acids is 2. The minimum atomic E-state index is -0.0422. The number of nitrogens with zero attached hydrogens (tertiary/aromatic N) is 4. The van der Waals surface area contributed by atoms with Gasteiger partial charge in [0.05, 0.1) is 16.3 Å². The maximum atomic E-state index is 13.2. The summed E-state index contributed by atoms with van der Waals surface area (Å²) in [7, 11) is 1.87. The molecule has 0 aliphatic carbocycles. The standard InChI is InChI=1S/C25H30N4O2S/c1-17-8-5-6-9-22(17)29-19(3)21(18(2)26-29)16-27(4)24(30)20-11-13-28(14-12-20)25(31)23-10-7-15-32-23/h5-10,15,20H,11-14,16H2,1-4H3. The Morgan fingerprint density at radius 1 is 1.09 bits per heavy atom. The Bertz CT molecular complexity index is 1110. The van der Waals surface area contributed by atoms with Gasteiger partial charge in [-0.05, 0) is 56.7 Å². The van der Waals surface area contributed by atoms with Gasteiger partial charge < -0.3 is 9.80 Å². The SMILES string of the molecule is Cc1ccccc1-n1nc(C)c(CN(C)C(=O)C2CCN(C(=O)c3cccs3)CC2)c1C. The molecule has 3 aromatic rings.